The van der Waals surface area contributed by atoms with Crippen molar-refractivity contribution in [3.8, 4) is 17.1 Å². The molecular weight excluding hydrogens is 484 g/mol. The summed E-state index contributed by atoms with van der Waals surface area (Å²) < 4.78 is 2.16. The minimum atomic E-state index is 0.0358. The Bertz CT molecular complexity index is 1480. The highest BCUT2D eigenvalue weighted by molar-refractivity contribution is 5.92. The van der Waals surface area contributed by atoms with Crippen molar-refractivity contribution in [2.24, 2.45) is 0 Å². The van der Waals surface area contributed by atoms with E-state index in [2.05, 4.69) is 110 Å². The molecule has 3 heterocycles. The van der Waals surface area contributed by atoms with E-state index in [0.717, 1.165) is 74.2 Å². The van der Waals surface area contributed by atoms with Crippen molar-refractivity contribution in [1.29, 1.82) is 0 Å². The molecule has 2 aliphatic heterocycles. The van der Waals surface area contributed by atoms with E-state index >= 15 is 0 Å². The van der Waals surface area contributed by atoms with Crippen LogP contribution in [0.15, 0.2) is 78.9 Å². The Balaban J connectivity index is 1.04. The standard InChI is InChI=1S/C32H34N6O/c1-24-7-5-11-27(21-24)32-35-34-30-15-12-26-22-28(13-14-29(26)38(30)32)33-31(39)23-37-19-17-36(18-20-37)16-6-10-25-8-3-2-4-9-25/h2-11,13-14,21-22H,12,15-20,23H2,1H3,(H,33,39)/b10-6+. The van der Waals surface area contributed by atoms with Crippen LogP contribution in [-0.2, 0) is 17.6 Å². The molecule has 1 fully saturated rings. The van der Waals surface area contributed by atoms with E-state index in [1.165, 1.54) is 16.7 Å². The van der Waals surface area contributed by atoms with Crippen molar-refractivity contribution in [3.05, 3.63) is 101 Å². The fraction of sp³-hybridized carbons (Fsp3) is 0.281. The molecule has 1 N–H and O–H groups in total. The second-order valence-electron chi connectivity index (χ2n) is 10.4. The Kier molecular flexibility index (Phi) is 7.34. The van der Waals surface area contributed by atoms with Gasteiger partial charge in [0.1, 0.15) is 5.82 Å². The van der Waals surface area contributed by atoms with E-state index in [0.29, 0.717) is 6.54 Å². The number of carbonyl (C=O) groups excluding carboxylic acids is 1. The van der Waals surface area contributed by atoms with Crippen LogP contribution >= 0.6 is 0 Å². The predicted molar refractivity (Wildman–Crippen MR) is 156 cm³/mol. The number of benzene rings is 3. The number of hydrogen-bond acceptors (Lipinski definition) is 5. The summed E-state index contributed by atoms with van der Waals surface area (Å²) in [6.07, 6.45) is 6.10. The Labute approximate surface area is 229 Å². The number of amides is 1. The fourth-order valence-electron chi connectivity index (χ4n) is 5.47. The molecule has 4 aromatic rings. The zero-order chi connectivity index (χ0) is 26.6. The lowest BCUT2D eigenvalue weighted by molar-refractivity contribution is -0.117. The van der Waals surface area contributed by atoms with Crippen molar-refractivity contribution < 1.29 is 4.79 Å². The van der Waals surface area contributed by atoms with E-state index in [4.69, 9.17) is 0 Å². The van der Waals surface area contributed by atoms with E-state index in [1.807, 2.05) is 12.1 Å². The molecule has 0 unspecified atom stereocenters. The highest BCUT2D eigenvalue weighted by atomic mass is 16.2. The number of aryl methyl sites for hydroxylation is 3. The third kappa shape index (κ3) is 5.85. The maximum Gasteiger partial charge on any atom is 0.238 e. The van der Waals surface area contributed by atoms with Crippen LogP contribution in [0.1, 0.15) is 22.5 Å². The van der Waals surface area contributed by atoms with Crippen LogP contribution in [0.5, 0.6) is 0 Å². The quantitative estimate of drug-likeness (QED) is 0.387. The predicted octanol–water partition coefficient (Wildman–Crippen LogP) is 4.61. The summed E-state index contributed by atoms with van der Waals surface area (Å²) in [5.74, 6) is 1.88. The van der Waals surface area contributed by atoms with Gasteiger partial charge in [-0.15, -0.1) is 10.2 Å². The first kappa shape index (κ1) is 25.2. The fourth-order valence-corrected chi connectivity index (χ4v) is 5.47. The van der Waals surface area contributed by atoms with Crippen LogP contribution in [0.25, 0.3) is 23.2 Å². The number of hydrogen-bond donors (Lipinski definition) is 1. The van der Waals surface area contributed by atoms with Gasteiger partial charge in [0.05, 0.1) is 12.2 Å². The van der Waals surface area contributed by atoms with Crippen LogP contribution in [-0.4, -0.2) is 69.7 Å². The number of nitrogens with zero attached hydrogens (tertiary/aromatic N) is 5. The Morgan fingerprint density at radius 3 is 2.54 bits per heavy atom. The lowest BCUT2D eigenvalue weighted by atomic mass is 10.0. The van der Waals surface area contributed by atoms with Gasteiger partial charge < -0.3 is 5.32 Å². The molecule has 6 rings (SSSR count). The summed E-state index contributed by atoms with van der Waals surface area (Å²) in [5, 5.41) is 12.1. The maximum atomic E-state index is 12.9. The third-order valence-electron chi connectivity index (χ3n) is 7.53. The summed E-state index contributed by atoms with van der Waals surface area (Å²) in [4.78, 5) is 17.6. The van der Waals surface area contributed by atoms with Crippen LogP contribution in [0.2, 0.25) is 0 Å². The van der Waals surface area contributed by atoms with Gasteiger partial charge in [0.2, 0.25) is 5.91 Å². The highest BCUT2D eigenvalue weighted by Gasteiger charge is 2.23. The molecule has 2 aliphatic rings. The Hall–Kier alpha value is -4.07. The molecule has 0 radical (unpaired) electrons. The molecule has 0 aliphatic carbocycles. The van der Waals surface area contributed by atoms with Gasteiger partial charge in [0.25, 0.3) is 0 Å². The van der Waals surface area contributed by atoms with E-state index in [-0.39, 0.29) is 5.91 Å². The topological polar surface area (TPSA) is 66.3 Å². The molecule has 39 heavy (non-hydrogen) atoms. The SMILES string of the molecule is Cc1cccc(-c2nnc3n2-c2ccc(NC(=O)CN4CCN(C/C=C/c5ccccc5)CC4)cc2CC3)c1. The lowest BCUT2D eigenvalue weighted by Gasteiger charge is -2.33. The Morgan fingerprint density at radius 2 is 1.72 bits per heavy atom. The number of rotatable bonds is 7. The molecule has 1 saturated heterocycles. The minimum Gasteiger partial charge on any atom is -0.325 e. The zero-order valence-corrected chi connectivity index (χ0v) is 22.4. The average Bonchev–Trinajstić information content (AvgIpc) is 3.39. The van der Waals surface area contributed by atoms with E-state index in [9.17, 15) is 4.79 Å². The van der Waals surface area contributed by atoms with Gasteiger partial charge in [-0.1, -0.05) is 66.2 Å². The summed E-state index contributed by atoms with van der Waals surface area (Å²) in [7, 11) is 0. The number of nitrogens with one attached hydrogen (secondary N) is 1. The summed E-state index contributed by atoms with van der Waals surface area (Å²) in [5.41, 5.74) is 6.62. The lowest BCUT2D eigenvalue weighted by Crippen LogP contribution is -2.48. The van der Waals surface area contributed by atoms with Crippen LogP contribution in [0.3, 0.4) is 0 Å². The van der Waals surface area contributed by atoms with Gasteiger partial charge in [0.15, 0.2) is 5.82 Å². The second-order valence-corrected chi connectivity index (χ2v) is 10.4. The normalized spacial score (nSPS) is 15.7. The van der Waals surface area contributed by atoms with Crippen molar-refractivity contribution in [3.63, 3.8) is 0 Å². The summed E-state index contributed by atoms with van der Waals surface area (Å²) in [6, 6.07) is 24.9. The number of piperazine rings is 1. The van der Waals surface area contributed by atoms with E-state index < -0.39 is 0 Å². The molecular formula is C32H34N6O. The smallest absolute Gasteiger partial charge is 0.238 e. The Morgan fingerprint density at radius 1 is 0.897 bits per heavy atom. The molecule has 198 valence electrons. The molecule has 3 aromatic carbocycles. The number of fused-ring (bicyclic) bond motifs is 3. The molecule has 7 nitrogen and oxygen atoms in total. The molecule has 0 atom stereocenters. The highest BCUT2D eigenvalue weighted by Crippen LogP contribution is 2.31. The number of aromatic nitrogens is 3. The number of anilines is 1. The zero-order valence-electron chi connectivity index (χ0n) is 22.4. The van der Waals surface area contributed by atoms with Crippen LogP contribution in [0, 0.1) is 6.92 Å². The van der Waals surface area contributed by atoms with Gasteiger partial charge in [-0.2, -0.15) is 0 Å². The van der Waals surface area contributed by atoms with Crippen LogP contribution in [0.4, 0.5) is 5.69 Å². The third-order valence-corrected chi connectivity index (χ3v) is 7.53. The molecule has 0 bridgehead atoms. The molecule has 7 heteroatoms. The first-order chi connectivity index (χ1) is 19.1. The van der Waals surface area contributed by atoms with Crippen molar-refractivity contribution in [2.75, 3.05) is 44.6 Å². The monoisotopic (exact) mass is 518 g/mol. The molecule has 0 spiro atoms. The van der Waals surface area contributed by atoms with Gasteiger partial charge in [-0.3, -0.25) is 19.2 Å². The van der Waals surface area contributed by atoms with Gasteiger partial charge in [-0.25, -0.2) is 0 Å². The van der Waals surface area contributed by atoms with Crippen molar-refractivity contribution in [2.45, 2.75) is 19.8 Å². The largest absolute Gasteiger partial charge is 0.325 e. The van der Waals surface area contributed by atoms with Gasteiger partial charge in [-0.05, 0) is 48.7 Å². The van der Waals surface area contributed by atoms with Crippen molar-refractivity contribution in [1.82, 2.24) is 24.6 Å². The average molecular weight is 519 g/mol. The van der Waals surface area contributed by atoms with Crippen molar-refractivity contribution >= 4 is 17.7 Å². The van der Waals surface area contributed by atoms with Gasteiger partial charge >= 0.3 is 0 Å². The molecule has 1 amide bonds. The second kappa shape index (κ2) is 11.4. The number of carbonyl (C=O) groups is 1. The maximum absolute atomic E-state index is 12.9. The summed E-state index contributed by atoms with van der Waals surface area (Å²) >= 11 is 0. The molecule has 0 saturated carbocycles. The minimum absolute atomic E-state index is 0.0358. The first-order valence-electron chi connectivity index (χ1n) is 13.7. The van der Waals surface area contributed by atoms with E-state index in [1.54, 1.807) is 0 Å². The van der Waals surface area contributed by atoms with Crippen LogP contribution < -0.4 is 5.32 Å². The summed E-state index contributed by atoms with van der Waals surface area (Å²) in [6.45, 7) is 7.17. The molecule has 1 aromatic heterocycles. The first-order valence-corrected chi connectivity index (χ1v) is 13.7. The van der Waals surface area contributed by atoms with Gasteiger partial charge in [0, 0.05) is 50.4 Å².